The molecular weight excluding hydrogens is 248 g/mol. The number of aromatic carboxylic acids is 1. The normalized spacial score (nSPS) is 13.8. The number of ether oxygens (including phenoxy) is 1. The first kappa shape index (κ1) is 13.2. The fourth-order valence-electron chi connectivity index (χ4n) is 1.91. The topological polar surface area (TPSA) is 79.9 Å². The summed E-state index contributed by atoms with van der Waals surface area (Å²) in [4.78, 5) is 11.1. The number of rotatable bonds is 4. The molecule has 0 saturated carbocycles. The number of aliphatic hydroxyl groups is 1. The molecule has 19 heavy (non-hydrogen) atoms. The van der Waals surface area contributed by atoms with E-state index < -0.39 is 11.6 Å². The monoisotopic (exact) mass is 262 g/mol. The van der Waals surface area contributed by atoms with Gasteiger partial charge in [0.2, 0.25) is 0 Å². The van der Waals surface area contributed by atoms with Crippen molar-refractivity contribution in [2.75, 3.05) is 7.11 Å². The van der Waals surface area contributed by atoms with E-state index in [0.29, 0.717) is 11.3 Å². The zero-order valence-corrected chi connectivity index (χ0v) is 10.6. The molecule has 0 saturated heterocycles. The van der Waals surface area contributed by atoms with Crippen LogP contribution in [-0.2, 0) is 5.60 Å². The first-order chi connectivity index (χ1) is 8.96. The van der Waals surface area contributed by atoms with Gasteiger partial charge in [-0.3, -0.25) is 0 Å². The van der Waals surface area contributed by atoms with Crippen LogP contribution in [0.1, 0.15) is 28.6 Å². The van der Waals surface area contributed by atoms with E-state index in [1.165, 1.54) is 26.4 Å². The summed E-state index contributed by atoms with van der Waals surface area (Å²) in [6, 6.07) is 8.07. The molecule has 0 aliphatic carbocycles. The van der Waals surface area contributed by atoms with Crippen molar-refractivity contribution >= 4 is 5.97 Å². The van der Waals surface area contributed by atoms with Gasteiger partial charge in [-0.05, 0) is 30.7 Å². The molecule has 0 spiro atoms. The maximum atomic E-state index is 11.1. The van der Waals surface area contributed by atoms with Crippen LogP contribution in [0, 0.1) is 0 Å². The number of carboxylic acids is 1. The highest BCUT2D eigenvalue weighted by Gasteiger charge is 2.34. The molecule has 1 aromatic heterocycles. The van der Waals surface area contributed by atoms with Gasteiger partial charge in [-0.25, -0.2) is 4.79 Å². The Hall–Kier alpha value is -2.27. The van der Waals surface area contributed by atoms with Crippen LogP contribution in [0.4, 0.5) is 0 Å². The van der Waals surface area contributed by atoms with Gasteiger partial charge in [0.05, 0.1) is 13.4 Å². The molecule has 0 aliphatic heterocycles. The van der Waals surface area contributed by atoms with E-state index in [1.807, 2.05) is 0 Å². The third kappa shape index (κ3) is 2.32. The number of carboxylic acid groups (broad SMARTS) is 1. The minimum atomic E-state index is -1.55. The highest BCUT2D eigenvalue weighted by molar-refractivity contribution is 5.89. The van der Waals surface area contributed by atoms with Gasteiger partial charge in [-0.1, -0.05) is 12.1 Å². The Morgan fingerprint density at radius 3 is 2.74 bits per heavy atom. The average Bonchev–Trinajstić information content (AvgIpc) is 2.89. The lowest BCUT2D eigenvalue weighted by atomic mass is 9.91. The summed E-state index contributed by atoms with van der Waals surface area (Å²) >= 11 is 0. The second kappa shape index (κ2) is 4.78. The molecule has 2 rings (SSSR count). The molecule has 5 heteroatoms. The van der Waals surface area contributed by atoms with Crippen molar-refractivity contribution < 1.29 is 24.2 Å². The highest BCUT2D eigenvalue weighted by Crippen LogP contribution is 2.33. The molecule has 5 nitrogen and oxygen atoms in total. The molecular formula is C14H14O5. The van der Waals surface area contributed by atoms with Crippen molar-refractivity contribution in [3.8, 4) is 5.75 Å². The van der Waals surface area contributed by atoms with Crippen molar-refractivity contribution in [1.29, 1.82) is 0 Å². The molecule has 1 atom stereocenters. The molecule has 0 amide bonds. The van der Waals surface area contributed by atoms with Gasteiger partial charge in [0, 0.05) is 0 Å². The van der Waals surface area contributed by atoms with Crippen molar-refractivity contribution in [3.63, 3.8) is 0 Å². The third-order valence-corrected chi connectivity index (χ3v) is 2.97. The maximum absolute atomic E-state index is 11.1. The maximum Gasteiger partial charge on any atom is 0.339 e. The third-order valence-electron chi connectivity index (χ3n) is 2.97. The number of hydrogen-bond donors (Lipinski definition) is 2. The standard InChI is InChI=1S/C14H14O5/c1-14(17,9-4-3-5-10(8-9)18-2)12-11(13(15)16)6-7-19-12/h3-8,17H,1-2H3,(H,15,16). The van der Waals surface area contributed by atoms with Gasteiger partial charge in [-0.2, -0.15) is 0 Å². The summed E-state index contributed by atoms with van der Waals surface area (Å²) in [6.45, 7) is 1.48. The zero-order valence-electron chi connectivity index (χ0n) is 10.6. The van der Waals surface area contributed by atoms with Crippen LogP contribution >= 0.6 is 0 Å². The lowest BCUT2D eigenvalue weighted by Crippen LogP contribution is -2.24. The zero-order chi connectivity index (χ0) is 14.0. The predicted molar refractivity (Wildman–Crippen MR) is 67.3 cm³/mol. The Morgan fingerprint density at radius 2 is 2.11 bits per heavy atom. The molecule has 2 N–H and O–H groups in total. The number of carbonyl (C=O) groups is 1. The molecule has 100 valence electrons. The summed E-state index contributed by atoms with van der Waals surface area (Å²) < 4.78 is 10.2. The molecule has 0 bridgehead atoms. The number of methoxy groups -OCH3 is 1. The second-order valence-electron chi connectivity index (χ2n) is 4.27. The summed E-state index contributed by atoms with van der Waals surface area (Å²) in [7, 11) is 1.52. The summed E-state index contributed by atoms with van der Waals surface area (Å²) in [5.74, 6) is -0.582. The molecule has 0 radical (unpaired) electrons. The number of hydrogen-bond acceptors (Lipinski definition) is 4. The van der Waals surface area contributed by atoms with E-state index in [9.17, 15) is 9.90 Å². The van der Waals surface area contributed by atoms with E-state index in [4.69, 9.17) is 14.3 Å². The first-order valence-corrected chi connectivity index (χ1v) is 5.65. The van der Waals surface area contributed by atoms with Crippen LogP contribution < -0.4 is 4.74 Å². The van der Waals surface area contributed by atoms with E-state index in [0.717, 1.165) is 0 Å². The lowest BCUT2D eigenvalue weighted by Gasteiger charge is -2.22. The second-order valence-corrected chi connectivity index (χ2v) is 4.27. The Morgan fingerprint density at radius 1 is 1.37 bits per heavy atom. The Bertz CT molecular complexity index is 597. The summed E-state index contributed by atoms with van der Waals surface area (Å²) in [6.07, 6.45) is 1.24. The van der Waals surface area contributed by atoms with E-state index in [1.54, 1.807) is 24.3 Å². The predicted octanol–water partition coefficient (Wildman–Crippen LogP) is 2.24. The van der Waals surface area contributed by atoms with E-state index >= 15 is 0 Å². The summed E-state index contributed by atoms with van der Waals surface area (Å²) in [5.41, 5.74) is -1.12. The van der Waals surface area contributed by atoms with Crippen molar-refractivity contribution in [2.24, 2.45) is 0 Å². The fraction of sp³-hybridized carbons (Fsp3) is 0.214. The molecule has 1 unspecified atom stereocenters. The van der Waals surface area contributed by atoms with Crippen molar-refractivity contribution in [2.45, 2.75) is 12.5 Å². The number of furan rings is 1. The van der Waals surface area contributed by atoms with Crippen LogP contribution in [0.5, 0.6) is 5.75 Å². The molecule has 0 aliphatic rings. The highest BCUT2D eigenvalue weighted by atomic mass is 16.5. The molecule has 0 fully saturated rings. The quantitative estimate of drug-likeness (QED) is 0.883. The van der Waals surface area contributed by atoms with E-state index in [-0.39, 0.29) is 11.3 Å². The molecule has 2 aromatic rings. The summed E-state index contributed by atoms with van der Waals surface area (Å²) in [5, 5.41) is 19.7. The van der Waals surface area contributed by atoms with Crippen LogP contribution in [-0.4, -0.2) is 23.3 Å². The first-order valence-electron chi connectivity index (χ1n) is 5.65. The Kier molecular flexibility index (Phi) is 3.31. The lowest BCUT2D eigenvalue weighted by molar-refractivity contribution is 0.0614. The molecule has 1 heterocycles. The SMILES string of the molecule is COc1cccc(C(C)(O)c2occc2C(=O)O)c1. The van der Waals surface area contributed by atoms with Gasteiger partial charge in [0.1, 0.15) is 16.9 Å². The van der Waals surface area contributed by atoms with Crippen molar-refractivity contribution in [1.82, 2.24) is 0 Å². The smallest absolute Gasteiger partial charge is 0.339 e. The van der Waals surface area contributed by atoms with Crippen LogP contribution in [0.15, 0.2) is 41.0 Å². The van der Waals surface area contributed by atoms with Crippen LogP contribution in [0.3, 0.4) is 0 Å². The van der Waals surface area contributed by atoms with Gasteiger partial charge in [0.15, 0.2) is 5.76 Å². The minimum Gasteiger partial charge on any atom is -0.497 e. The van der Waals surface area contributed by atoms with Gasteiger partial charge >= 0.3 is 5.97 Å². The van der Waals surface area contributed by atoms with Crippen LogP contribution in [0.25, 0.3) is 0 Å². The van der Waals surface area contributed by atoms with Gasteiger partial charge in [0.25, 0.3) is 0 Å². The fourth-order valence-corrected chi connectivity index (χ4v) is 1.91. The van der Waals surface area contributed by atoms with Crippen LogP contribution in [0.2, 0.25) is 0 Å². The minimum absolute atomic E-state index is 0.00625. The molecule has 1 aromatic carbocycles. The van der Waals surface area contributed by atoms with Gasteiger partial charge < -0.3 is 19.4 Å². The Balaban J connectivity index is 2.51. The van der Waals surface area contributed by atoms with Gasteiger partial charge in [-0.15, -0.1) is 0 Å². The largest absolute Gasteiger partial charge is 0.497 e. The van der Waals surface area contributed by atoms with E-state index in [2.05, 4.69) is 0 Å². The van der Waals surface area contributed by atoms with Crippen molar-refractivity contribution in [3.05, 3.63) is 53.5 Å². The Labute approximate surface area is 110 Å². The average molecular weight is 262 g/mol. The number of benzene rings is 1.